The molecule has 10 fully saturated rings. The van der Waals surface area contributed by atoms with Crippen LogP contribution in [0.5, 0.6) is 0 Å². The van der Waals surface area contributed by atoms with Crippen LogP contribution in [0, 0.1) is 81.8 Å². The zero-order valence-electron chi connectivity index (χ0n) is 49.8. The van der Waals surface area contributed by atoms with Gasteiger partial charge in [-0.15, -0.1) is 0 Å². The topological polar surface area (TPSA) is 113 Å². The fraction of sp³-hybridized carbons (Fsp3) is 0.809. The molecule has 4 aliphatic heterocycles. The highest BCUT2D eigenvalue weighted by Gasteiger charge is 2.63. The summed E-state index contributed by atoms with van der Waals surface area (Å²) in [5.74, 6) is 7.72. The van der Waals surface area contributed by atoms with Crippen molar-refractivity contribution in [2.45, 2.75) is 252 Å². The highest BCUT2D eigenvalue weighted by atomic mass is 16.6. The molecule has 1 amide bonds. The van der Waals surface area contributed by atoms with E-state index in [0.29, 0.717) is 53.3 Å². The van der Waals surface area contributed by atoms with Gasteiger partial charge in [0.15, 0.2) is 0 Å². The molecule has 8 aliphatic carbocycles. The number of ether oxygens (including phenoxy) is 5. The van der Waals surface area contributed by atoms with Crippen LogP contribution in [0.1, 0.15) is 203 Å². The van der Waals surface area contributed by atoms with Crippen molar-refractivity contribution >= 4 is 18.0 Å². The molecule has 1 aromatic carbocycles. The number of nitrogens with one attached hydrogen (secondary N) is 1. The first-order valence-electron chi connectivity index (χ1n) is 32.1. The molecular formula is C68H100N2O8. The van der Waals surface area contributed by atoms with Gasteiger partial charge >= 0.3 is 18.0 Å². The minimum absolute atomic E-state index is 0.0481. The van der Waals surface area contributed by atoms with Crippen molar-refractivity contribution in [2.24, 2.45) is 81.8 Å². The van der Waals surface area contributed by atoms with Gasteiger partial charge in [0.1, 0.15) is 18.8 Å². The third-order valence-electron chi connectivity index (χ3n) is 25.4. The van der Waals surface area contributed by atoms with Crippen molar-refractivity contribution in [2.75, 3.05) is 13.1 Å². The SMILES string of the molecule is CC(=O)O[C@@H]1CC[C@@]2(C)[C@H](CC[C@H]3[C@@H]4CC[C@@]5(CC(C)=C4C[C@@H]32)O[C@@H]2C[C@H](C)CN(C(=O)OCc3ccccc3)[C@H]2[C@H]5C)C1.CC(=O)O[C@@H]1CC[C@@]2(C)[C@H](CC[C@H]3[C@@H]4CC[C@@]5(CC(C)=C4C[C@@H]32)O[C@@H]2C[C@H](C)CN[C@H]2[C@H]5C)C1. The number of fused-ring (bicyclic) bond motifs is 12. The van der Waals surface area contributed by atoms with Gasteiger partial charge < -0.3 is 33.9 Å². The molecule has 0 bridgehead atoms. The number of rotatable bonds is 4. The minimum Gasteiger partial charge on any atom is -0.463 e. The maximum atomic E-state index is 13.6. The number of benzene rings is 1. The number of esters is 2. The Morgan fingerprint density at radius 3 is 1.72 bits per heavy atom. The van der Waals surface area contributed by atoms with Crippen LogP contribution >= 0.6 is 0 Å². The van der Waals surface area contributed by atoms with E-state index in [4.69, 9.17) is 23.7 Å². The number of amides is 1. The van der Waals surface area contributed by atoms with Crippen molar-refractivity contribution in [1.29, 1.82) is 0 Å². The zero-order chi connectivity index (χ0) is 54.6. The molecule has 4 saturated heterocycles. The molecule has 13 rings (SSSR count). The van der Waals surface area contributed by atoms with E-state index in [0.717, 1.165) is 111 Å². The Bertz CT molecular complexity index is 2490. The fourth-order valence-electron chi connectivity index (χ4n) is 21.5. The highest BCUT2D eigenvalue weighted by Crippen LogP contribution is 2.67. The fourth-order valence-corrected chi connectivity index (χ4v) is 21.5. The Morgan fingerprint density at radius 2 is 1.17 bits per heavy atom. The molecule has 2 spiro atoms. The van der Waals surface area contributed by atoms with Crippen LogP contribution in [-0.2, 0) is 39.9 Å². The first kappa shape index (κ1) is 55.3. The number of nitrogens with zero attached hydrogens (tertiary/aromatic N) is 1. The third-order valence-corrected chi connectivity index (χ3v) is 25.4. The monoisotopic (exact) mass is 1070 g/mol. The van der Waals surface area contributed by atoms with Crippen LogP contribution in [0.4, 0.5) is 4.79 Å². The van der Waals surface area contributed by atoms with E-state index < -0.39 is 0 Å². The number of hydrogen-bond acceptors (Lipinski definition) is 9. The van der Waals surface area contributed by atoms with Gasteiger partial charge in [-0.05, 0) is 224 Å². The third kappa shape index (κ3) is 9.69. The predicted molar refractivity (Wildman–Crippen MR) is 304 cm³/mol. The van der Waals surface area contributed by atoms with Crippen molar-refractivity contribution in [3.63, 3.8) is 0 Å². The summed E-state index contributed by atoms with van der Waals surface area (Å²) in [6.07, 6.45) is 24.2. The average molecular weight is 1070 g/mol. The summed E-state index contributed by atoms with van der Waals surface area (Å²) in [6.45, 7) is 24.8. The Labute approximate surface area is 469 Å². The summed E-state index contributed by atoms with van der Waals surface area (Å²) >= 11 is 0. The summed E-state index contributed by atoms with van der Waals surface area (Å²) in [7, 11) is 0. The Hall–Kier alpha value is -3.21. The second-order valence-corrected chi connectivity index (χ2v) is 29.6. The molecule has 0 radical (unpaired) electrons. The Balaban J connectivity index is 0.000000161. The standard InChI is InChI=1S/C38H53NO5.C30H47NO3/c1-23-17-34-35(39(21-23)36(41)42-22-27-9-7-6-8-10-27)25(3)38(44-34)16-14-30-31-12-11-28-18-29(43-26(4)40)13-15-37(28,5)33(31)19-32(30)24(2)20-38;1-17-12-27-28(31-16-17)19(3)30(34-27)11-9-23-24-7-6-21-13-22(33-20(4)32)8-10-29(21,5)26(24)14-25(23)18(2)15-30/h6-10,23,25,28-31,33-35H,11-22H2,1-5H3;17,19,21-24,26-28,31H,6-16H2,1-5H3/t23-,25+,28+,29+,30-,31-,33-,34+,35-,37-,38-;17-,19+,21+,22+,23-,24-,26-,27+,28-,29-,30-/m00/s1. The largest absolute Gasteiger partial charge is 0.463 e. The Morgan fingerprint density at radius 1 is 0.641 bits per heavy atom. The van der Waals surface area contributed by atoms with Crippen LogP contribution in [-0.4, -0.2) is 83.7 Å². The van der Waals surface area contributed by atoms with Crippen molar-refractivity contribution < 1.29 is 38.1 Å². The van der Waals surface area contributed by atoms with E-state index in [1.165, 1.54) is 77.0 Å². The van der Waals surface area contributed by atoms with E-state index in [1.54, 1.807) is 30.6 Å². The summed E-state index contributed by atoms with van der Waals surface area (Å²) in [5, 5.41) is 3.86. The summed E-state index contributed by atoms with van der Waals surface area (Å²) in [6, 6.07) is 10.6. The van der Waals surface area contributed by atoms with Crippen LogP contribution in [0.3, 0.4) is 0 Å². The quantitative estimate of drug-likeness (QED) is 0.179. The summed E-state index contributed by atoms with van der Waals surface area (Å²) in [4.78, 5) is 38.8. The lowest BCUT2D eigenvalue weighted by Crippen LogP contribution is -2.54. The van der Waals surface area contributed by atoms with Crippen molar-refractivity contribution in [3.8, 4) is 0 Å². The zero-order valence-corrected chi connectivity index (χ0v) is 49.8. The lowest BCUT2D eigenvalue weighted by atomic mass is 9.52. The molecule has 0 unspecified atom stereocenters. The van der Waals surface area contributed by atoms with Gasteiger partial charge in [0.2, 0.25) is 0 Å². The summed E-state index contributed by atoms with van der Waals surface area (Å²) in [5.41, 5.74) is 8.41. The maximum absolute atomic E-state index is 13.6. The van der Waals surface area contributed by atoms with Gasteiger partial charge in [-0.2, -0.15) is 0 Å². The van der Waals surface area contributed by atoms with Gasteiger partial charge in [0, 0.05) is 38.3 Å². The first-order chi connectivity index (χ1) is 37.3. The normalized spacial score (nSPS) is 47.1. The maximum Gasteiger partial charge on any atom is 0.410 e. The number of carbonyl (C=O) groups excluding carboxylic acids is 3. The second kappa shape index (κ2) is 21.2. The van der Waals surface area contributed by atoms with Crippen LogP contribution in [0.25, 0.3) is 0 Å². The predicted octanol–water partition coefficient (Wildman–Crippen LogP) is 14.1. The molecular weight excluding hydrogens is 973 g/mol. The molecule has 1 N–H and O–H groups in total. The average Bonchev–Trinajstić information content (AvgIpc) is 4.29. The van der Waals surface area contributed by atoms with Crippen LogP contribution in [0.15, 0.2) is 52.6 Å². The lowest BCUT2D eigenvalue weighted by Gasteiger charge is -2.54. The van der Waals surface area contributed by atoms with Gasteiger partial charge in [-0.1, -0.05) is 94.2 Å². The van der Waals surface area contributed by atoms with Crippen LogP contribution in [0.2, 0.25) is 0 Å². The second-order valence-electron chi connectivity index (χ2n) is 29.6. The van der Waals surface area contributed by atoms with Crippen molar-refractivity contribution in [1.82, 2.24) is 10.2 Å². The molecule has 22 atom stereocenters. The molecule has 430 valence electrons. The number of carbonyl (C=O) groups is 3. The molecule has 10 heteroatoms. The van der Waals surface area contributed by atoms with Gasteiger partial charge in [0.05, 0.1) is 29.5 Å². The number of hydrogen-bond donors (Lipinski definition) is 1. The highest BCUT2D eigenvalue weighted by molar-refractivity contribution is 5.69. The molecule has 10 nitrogen and oxygen atoms in total. The van der Waals surface area contributed by atoms with Gasteiger partial charge in [0.25, 0.3) is 0 Å². The number of likely N-dealkylation sites (tertiary alicyclic amines) is 1. The van der Waals surface area contributed by atoms with Crippen molar-refractivity contribution in [3.05, 3.63) is 58.2 Å². The van der Waals surface area contributed by atoms with E-state index in [-0.39, 0.29) is 59.5 Å². The smallest absolute Gasteiger partial charge is 0.410 e. The molecule has 1 aromatic rings. The molecule has 0 aromatic heterocycles. The number of allylic oxidation sites excluding steroid dienone is 2. The van der Waals surface area contributed by atoms with E-state index in [2.05, 4.69) is 60.7 Å². The number of piperidine rings is 2. The van der Waals surface area contributed by atoms with E-state index >= 15 is 0 Å². The Kier molecular flexibility index (Phi) is 15.0. The molecule has 78 heavy (non-hydrogen) atoms. The lowest BCUT2D eigenvalue weighted by molar-refractivity contribution is -0.155. The van der Waals surface area contributed by atoms with E-state index in [1.807, 2.05) is 40.8 Å². The molecule has 4 heterocycles. The summed E-state index contributed by atoms with van der Waals surface area (Å²) < 4.78 is 31.5. The van der Waals surface area contributed by atoms with Gasteiger partial charge in [-0.25, -0.2) is 4.79 Å². The first-order valence-corrected chi connectivity index (χ1v) is 32.1. The van der Waals surface area contributed by atoms with E-state index in [9.17, 15) is 14.4 Å². The van der Waals surface area contributed by atoms with Crippen LogP contribution < -0.4 is 5.32 Å². The van der Waals surface area contributed by atoms with Gasteiger partial charge in [-0.3, -0.25) is 9.59 Å². The molecule has 6 saturated carbocycles. The minimum atomic E-state index is -0.211. The molecule has 12 aliphatic rings.